The maximum Gasteiger partial charge on any atom is 0.381 e. The largest absolute Gasteiger partial charge is 0.381 e. The van der Waals surface area contributed by atoms with Crippen molar-refractivity contribution in [2.24, 2.45) is 5.14 Å². The van der Waals surface area contributed by atoms with Gasteiger partial charge in [-0.2, -0.15) is 13.6 Å². The summed E-state index contributed by atoms with van der Waals surface area (Å²) in [6.07, 6.45) is 2.73. The van der Waals surface area contributed by atoms with Gasteiger partial charge in [-0.3, -0.25) is 4.98 Å². The predicted octanol–water partition coefficient (Wildman–Crippen LogP) is -0.633. The first-order chi connectivity index (χ1) is 5.49. The lowest BCUT2D eigenvalue weighted by Gasteiger charge is -2.01. The molecule has 0 fully saturated rings. The first kappa shape index (κ1) is 8.88. The number of hydrogen-bond acceptors (Lipinski definition) is 5. The quantitative estimate of drug-likeness (QED) is 0.668. The summed E-state index contributed by atoms with van der Waals surface area (Å²) in [5, 5.41) is 4.62. The van der Waals surface area contributed by atoms with Crippen LogP contribution in [0.1, 0.15) is 5.69 Å². The summed E-state index contributed by atoms with van der Waals surface area (Å²) in [6.45, 7) is 1.56. The van der Waals surface area contributed by atoms with Crippen molar-refractivity contribution < 1.29 is 12.6 Å². The highest BCUT2D eigenvalue weighted by Gasteiger charge is 2.08. The molecule has 0 amide bonds. The van der Waals surface area contributed by atoms with Gasteiger partial charge in [0.2, 0.25) is 0 Å². The van der Waals surface area contributed by atoms with E-state index in [1.807, 2.05) is 0 Å². The van der Waals surface area contributed by atoms with Crippen molar-refractivity contribution in [2.45, 2.75) is 6.92 Å². The van der Waals surface area contributed by atoms with E-state index in [-0.39, 0.29) is 5.88 Å². The van der Waals surface area contributed by atoms with Gasteiger partial charge < -0.3 is 4.18 Å². The van der Waals surface area contributed by atoms with Crippen molar-refractivity contribution in [1.82, 2.24) is 9.97 Å². The normalized spacial score (nSPS) is 11.2. The molecule has 0 saturated heterocycles. The van der Waals surface area contributed by atoms with Gasteiger partial charge in [0, 0.05) is 12.4 Å². The molecule has 0 aliphatic heterocycles. The molecule has 12 heavy (non-hydrogen) atoms. The van der Waals surface area contributed by atoms with Crippen molar-refractivity contribution in [1.29, 1.82) is 0 Å². The summed E-state index contributed by atoms with van der Waals surface area (Å²) in [4.78, 5) is 7.38. The molecule has 0 aliphatic rings. The Morgan fingerprint density at radius 1 is 1.42 bits per heavy atom. The Bertz CT molecular complexity index is 375. The van der Waals surface area contributed by atoms with Crippen LogP contribution in [0.15, 0.2) is 12.4 Å². The zero-order chi connectivity index (χ0) is 9.19. The summed E-state index contributed by atoms with van der Waals surface area (Å²) >= 11 is 0. The fourth-order valence-corrected chi connectivity index (χ4v) is 0.970. The molecule has 2 N–H and O–H groups in total. The summed E-state index contributed by atoms with van der Waals surface area (Å²) in [5.74, 6) is -0.0972. The summed E-state index contributed by atoms with van der Waals surface area (Å²) < 4.78 is 25.2. The summed E-state index contributed by atoms with van der Waals surface area (Å²) in [5.41, 5.74) is 0.367. The number of hydrogen-bond donors (Lipinski definition) is 1. The van der Waals surface area contributed by atoms with E-state index in [0.717, 1.165) is 0 Å². The van der Waals surface area contributed by atoms with Gasteiger partial charge >= 0.3 is 10.3 Å². The maximum absolute atomic E-state index is 10.4. The van der Waals surface area contributed by atoms with Crippen molar-refractivity contribution in [3.63, 3.8) is 0 Å². The van der Waals surface area contributed by atoms with E-state index in [9.17, 15) is 8.42 Å². The second-order valence-electron chi connectivity index (χ2n) is 2.02. The number of rotatable bonds is 2. The van der Waals surface area contributed by atoms with E-state index in [0.29, 0.717) is 5.69 Å². The lowest BCUT2D eigenvalue weighted by atomic mass is 10.5. The average molecular weight is 189 g/mol. The minimum atomic E-state index is -4.00. The number of nitrogens with two attached hydrogens (primary N) is 1. The summed E-state index contributed by atoms with van der Waals surface area (Å²) in [6, 6.07) is 0. The molecule has 66 valence electrons. The van der Waals surface area contributed by atoms with E-state index >= 15 is 0 Å². The molecule has 0 saturated carbocycles. The first-order valence-electron chi connectivity index (χ1n) is 2.99. The van der Waals surface area contributed by atoms with Crippen molar-refractivity contribution in [3.05, 3.63) is 18.1 Å². The molecular formula is C5H7N3O3S. The molecule has 0 unspecified atom stereocenters. The van der Waals surface area contributed by atoms with E-state index in [1.54, 1.807) is 6.92 Å². The smallest absolute Gasteiger partial charge is 0.348 e. The highest BCUT2D eigenvalue weighted by molar-refractivity contribution is 7.84. The Labute approximate surface area is 69.7 Å². The molecule has 7 heteroatoms. The summed E-state index contributed by atoms with van der Waals surface area (Å²) in [7, 11) is -4.00. The zero-order valence-electron chi connectivity index (χ0n) is 6.26. The van der Waals surface area contributed by atoms with Gasteiger partial charge in [-0.15, -0.1) is 0 Å². The highest BCUT2D eigenvalue weighted by atomic mass is 32.2. The first-order valence-corrected chi connectivity index (χ1v) is 4.46. The molecule has 1 aromatic heterocycles. The van der Waals surface area contributed by atoms with Crippen molar-refractivity contribution >= 4 is 10.3 Å². The average Bonchev–Trinajstić information content (AvgIpc) is 1.91. The fourth-order valence-electron chi connectivity index (χ4n) is 0.587. The fraction of sp³-hybridized carbons (Fsp3) is 0.200. The molecule has 0 bridgehead atoms. The van der Waals surface area contributed by atoms with Crippen LogP contribution in [-0.2, 0) is 10.3 Å². The molecule has 0 atom stereocenters. The topological polar surface area (TPSA) is 95.2 Å². The zero-order valence-corrected chi connectivity index (χ0v) is 7.08. The molecule has 0 aromatic carbocycles. The number of aryl methyl sites for hydroxylation is 1. The SMILES string of the molecule is Cc1nccnc1OS(N)(=O)=O. The van der Waals surface area contributed by atoms with Crippen LogP contribution >= 0.6 is 0 Å². The van der Waals surface area contributed by atoms with Crippen LogP contribution in [0, 0.1) is 6.92 Å². The molecule has 0 spiro atoms. The standard InChI is InChI=1S/C5H7N3O3S/c1-4-5(8-3-2-7-4)11-12(6,9)10/h2-3H,1H3,(H2,6,9,10). The van der Waals surface area contributed by atoms with Gasteiger partial charge in [0.15, 0.2) is 0 Å². The number of nitrogens with zero attached hydrogens (tertiary/aromatic N) is 2. The van der Waals surface area contributed by atoms with E-state index < -0.39 is 10.3 Å². The minimum absolute atomic E-state index is 0.0972. The predicted molar refractivity (Wildman–Crippen MR) is 40.5 cm³/mol. The third-order valence-corrected chi connectivity index (χ3v) is 1.42. The van der Waals surface area contributed by atoms with Gasteiger partial charge in [-0.1, -0.05) is 0 Å². The van der Waals surface area contributed by atoms with Crippen LogP contribution in [0.3, 0.4) is 0 Å². The van der Waals surface area contributed by atoms with Crippen LogP contribution in [0.2, 0.25) is 0 Å². The van der Waals surface area contributed by atoms with Gasteiger partial charge in [0.1, 0.15) is 5.69 Å². The number of aromatic nitrogens is 2. The monoisotopic (exact) mass is 189 g/mol. The molecule has 1 heterocycles. The van der Waals surface area contributed by atoms with Crippen LogP contribution in [-0.4, -0.2) is 18.4 Å². The third-order valence-electron chi connectivity index (χ3n) is 1.03. The van der Waals surface area contributed by atoms with Crippen LogP contribution < -0.4 is 9.32 Å². The molecule has 0 radical (unpaired) electrons. The van der Waals surface area contributed by atoms with Gasteiger partial charge in [-0.05, 0) is 6.92 Å². The maximum atomic E-state index is 10.4. The van der Waals surface area contributed by atoms with Crippen molar-refractivity contribution in [2.75, 3.05) is 0 Å². The Balaban J connectivity index is 2.98. The van der Waals surface area contributed by atoms with Gasteiger partial charge in [-0.25, -0.2) is 4.98 Å². The lowest BCUT2D eigenvalue weighted by molar-refractivity contribution is 0.473. The van der Waals surface area contributed by atoms with Crippen molar-refractivity contribution in [3.8, 4) is 5.88 Å². The minimum Gasteiger partial charge on any atom is -0.348 e. The van der Waals surface area contributed by atoms with E-state index in [4.69, 9.17) is 0 Å². The highest BCUT2D eigenvalue weighted by Crippen LogP contribution is 2.09. The molecular weight excluding hydrogens is 182 g/mol. The second kappa shape index (κ2) is 3.03. The Hall–Kier alpha value is -1.21. The van der Waals surface area contributed by atoms with E-state index in [1.165, 1.54) is 12.4 Å². The second-order valence-corrected chi connectivity index (χ2v) is 3.18. The Kier molecular flexibility index (Phi) is 2.25. The molecule has 6 nitrogen and oxygen atoms in total. The van der Waals surface area contributed by atoms with Gasteiger partial charge in [0.25, 0.3) is 5.88 Å². The molecule has 1 aromatic rings. The van der Waals surface area contributed by atoms with Crippen LogP contribution in [0.4, 0.5) is 0 Å². The Morgan fingerprint density at radius 2 is 2.00 bits per heavy atom. The lowest BCUT2D eigenvalue weighted by Crippen LogP contribution is -2.20. The van der Waals surface area contributed by atoms with Crippen LogP contribution in [0.5, 0.6) is 5.88 Å². The third kappa shape index (κ3) is 2.44. The molecule has 1 rings (SSSR count). The van der Waals surface area contributed by atoms with Gasteiger partial charge in [0.05, 0.1) is 0 Å². The van der Waals surface area contributed by atoms with Crippen LogP contribution in [0.25, 0.3) is 0 Å². The Morgan fingerprint density at radius 3 is 2.50 bits per heavy atom. The molecule has 0 aliphatic carbocycles. The van der Waals surface area contributed by atoms with E-state index in [2.05, 4.69) is 19.3 Å².